The van der Waals surface area contributed by atoms with Crippen molar-refractivity contribution < 1.29 is 4.79 Å². The van der Waals surface area contributed by atoms with Crippen molar-refractivity contribution in [3.63, 3.8) is 0 Å². The SMILES string of the molecule is C[C@@H](C(=O)N1CCN(c2ncccn2)CC1)N1CCC[C@@H]1c1ccsc1. The Morgan fingerprint density at radius 1 is 1.19 bits per heavy atom. The van der Waals surface area contributed by atoms with E-state index in [-0.39, 0.29) is 11.9 Å². The number of amides is 1. The van der Waals surface area contributed by atoms with Crippen LogP contribution in [-0.2, 0) is 4.79 Å². The molecule has 0 aromatic carbocycles. The lowest BCUT2D eigenvalue weighted by Crippen LogP contribution is -2.54. The zero-order chi connectivity index (χ0) is 17.9. The predicted molar refractivity (Wildman–Crippen MR) is 103 cm³/mol. The molecule has 4 rings (SSSR count). The summed E-state index contributed by atoms with van der Waals surface area (Å²) in [5.41, 5.74) is 1.36. The molecule has 4 heterocycles. The Morgan fingerprint density at radius 2 is 1.96 bits per heavy atom. The summed E-state index contributed by atoms with van der Waals surface area (Å²) in [5.74, 6) is 1.01. The Labute approximate surface area is 158 Å². The van der Waals surface area contributed by atoms with Crippen LogP contribution in [0.2, 0.25) is 0 Å². The number of anilines is 1. The van der Waals surface area contributed by atoms with Crippen LogP contribution in [0.4, 0.5) is 5.95 Å². The van der Waals surface area contributed by atoms with Crippen LogP contribution in [-0.4, -0.2) is 64.4 Å². The zero-order valence-electron chi connectivity index (χ0n) is 15.1. The molecule has 7 heteroatoms. The van der Waals surface area contributed by atoms with Crippen molar-refractivity contribution in [3.05, 3.63) is 40.8 Å². The van der Waals surface area contributed by atoms with Crippen LogP contribution in [0.25, 0.3) is 0 Å². The number of carbonyl (C=O) groups is 1. The fraction of sp³-hybridized carbons (Fsp3) is 0.526. The molecule has 2 saturated heterocycles. The van der Waals surface area contributed by atoms with Gasteiger partial charge in [-0.3, -0.25) is 9.69 Å². The van der Waals surface area contributed by atoms with Crippen molar-refractivity contribution in [3.8, 4) is 0 Å². The normalized spacial score (nSPS) is 22.6. The van der Waals surface area contributed by atoms with E-state index in [0.717, 1.165) is 51.5 Å². The van der Waals surface area contributed by atoms with E-state index in [9.17, 15) is 4.79 Å². The molecule has 0 radical (unpaired) electrons. The van der Waals surface area contributed by atoms with Gasteiger partial charge < -0.3 is 9.80 Å². The van der Waals surface area contributed by atoms with E-state index in [2.05, 4.69) is 43.5 Å². The van der Waals surface area contributed by atoms with Crippen molar-refractivity contribution in [1.82, 2.24) is 19.8 Å². The molecule has 2 aromatic rings. The predicted octanol–water partition coefficient (Wildman–Crippen LogP) is 2.41. The maximum atomic E-state index is 13.1. The maximum Gasteiger partial charge on any atom is 0.239 e. The standard InChI is InChI=1S/C19H25N5OS/c1-15(24-8-2-4-17(24)16-5-13-26-14-16)18(25)22-9-11-23(12-10-22)19-20-6-3-7-21-19/h3,5-7,13-15,17H,2,4,8-12H2,1H3/t15-,17+/m0/s1. The minimum Gasteiger partial charge on any atom is -0.338 e. The Balaban J connectivity index is 1.37. The van der Waals surface area contributed by atoms with Crippen molar-refractivity contribution in [2.45, 2.75) is 31.8 Å². The van der Waals surface area contributed by atoms with Gasteiger partial charge in [-0.25, -0.2) is 9.97 Å². The molecule has 1 amide bonds. The highest BCUT2D eigenvalue weighted by Crippen LogP contribution is 2.35. The summed E-state index contributed by atoms with van der Waals surface area (Å²) in [7, 11) is 0. The summed E-state index contributed by atoms with van der Waals surface area (Å²) < 4.78 is 0. The average Bonchev–Trinajstić information content (AvgIpc) is 3.39. The molecular formula is C19H25N5OS. The third-order valence-corrected chi connectivity index (χ3v) is 6.20. The van der Waals surface area contributed by atoms with Gasteiger partial charge in [0.05, 0.1) is 6.04 Å². The van der Waals surface area contributed by atoms with E-state index in [1.165, 1.54) is 5.56 Å². The summed E-state index contributed by atoms with van der Waals surface area (Å²) in [6, 6.07) is 4.34. The minimum atomic E-state index is -0.0677. The largest absolute Gasteiger partial charge is 0.338 e. The molecule has 6 nitrogen and oxygen atoms in total. The summed E-state index contributed by atoms with van der Waals surface area (Å²) in [6.45, 7) is 6.12. The third kappa shape index (κ3) is 3.46. The smallest absolute Gasteiger partial charge is 0.239 e. The third-order valence-electron chi connectivity index (χ3n) is 5.50. The summed E-state index contributed by atoms with van der Waals surface area (Å²) in [5, 5.41) is 4.35. The molecule has 2 fully saturated rings. The second-order valence-corrected chi connectivity index (χ2v) is 7.77. The number of rotatable bonds is 4. The molecular weight excluding hydrogens is 346 g/mol. The number of carbonyl (C=O) groups excluding carboxylic acids is 1. The summed E-state index contributed by atoms with van der Waals surface area (Å²) >= 11 is 1.74. The second-order valence-electron chi connectivity index (χ2n) is 6.99. The van der Waals surface area contributed by atoms with Crippen LogP contribution in [0.5, 0.6) is 0 Å². The molecule has 0 spiro atoms. The topological polar surface area (TPSA) is 52.6 Å². The van der Waals surface area contributed by atoms with E-state index in [0.29, 0.717) is 6.04 Å². The van der Waals surface area contributed by atoms with Gasteiger partial charge in [-0.15, -0.1) is 0 Å². The molecule has 0 saturated carbocycles. The van der Waals surface area contributed by atoms with Gasteiger partial charge in [-0.1, -0.05) is 0 Å². The Morgan fingerprint density at radius 3 is 2.65 bits per heavy atom. The van der Waals surface area contributed by atoms with Crippen molar-refractivity contribution in [2.75, 3.05) is 37.6 Å². The fourth-order valence-corrected chi connectivity index (χ4v) is 4.77. The van der Waals surface area contributed by atoms with Crippen LogP contribution in [0, 0.1) is 0 Å². The Bertz CT molecular complexity index is 715. The first kappa shape index (κ1) is 17.4. The van der Waals surface area contributed by atoms with E-state index < -0.39 is 0 Å². The van der Waals surface area contributed by atoms with Crippen LogP contribution in [0.1, 0.15) is 31.4 Å². The fourth-order valence-electron chi connectivity index (χ4n) is 4.06. The van der Waals surface area contributed by atoms with E-state index in [1.807, 2.05) is 11.0 Å². The maximum absolute atomic E-state index is 13.1. The minimum absolute atomic E-state index is 0.0677. The zero-order valence-corrected chi connectivity index (χ0v) is 15.9. The van der Waals surface area contributed by atoms with Gasteiger partial charge in [-0.05, 0) is 54.8 Å². The van der Waals surface area contributed by atoms with Gasteiger partial charge in [0.2, 0.25) is 11.9 Å². The van der Waals surface area contributed by atoms with Crippen LogP contribution in [0.3, 0.4) is 0 Å². The van der Waals surface area contributed by atoms with Crippen molar-refractivity contribution in [1.29, 1.82) is 0 Å². The monoisotopic (exact) mass is 371 g/mol. The van der Waals surface area contributed by atoms with Gasteiger partial charge in [0.1, 0.15) is 0 Å². The number of nitrogens with zero attached hydrogens (tertiary/aromatic N) is 5. The molecule has 2 aromatic heterocycles. The van der Waals surface area contributed by atoms with Crippen molar-refractivity contribution >= 4 is 23.2 Å². The first-order valence-corrected chi connectivity index (χ1v) is 10.3. The number of likely N-dealkylation sites (tertiary alicyclic amines) is 1. The molecule has 0 aliphatic carbocycles. The van der Waals surface area contributed by atoms with Gasteiger partial charge in [-0.2, -0.15) is 11.3 Å². The van der Waals surface area contributed by atoms with Crippen LogP contribution < -0.4 is 4.90 Å². The van der Waals surface area contributed by atoms with E-state index in [1.54, 1.807) is 23.7 Å². The van der Waals surface area contributed by atoms with Gasteiger partial charge in [0, 0.05) is 44.6 Å². The number of hydrogen-bond donors (Lipinski definition) is 0. The molecule has 2 atom stereocenters. The average molecular weight is 372 g/mol. The molecule has 26 heavy (non-hydrogen) atoms. The highest BCUT2D eigenvalue weighted by atomic mass is 32.1. The first-order valence-electron chi connectivity index (χ1n) is 9.32. The van der Waals surface area contributed by atoms with E-state index >= 15 is 0 Å². The summed E-state index contributed by atoms with van der Waals surface area (Å²) in [4.78, 5) is 28.3. The molecule has 2 aliphatic rings. The number of thiophene rings is 1. The lowest BCUT2D eigenvalue weighted by atomic mass is 10.1. The van der Waals surface area contributed by atoms with Crippen LogP contribution >= 0.6 is 11.3 Å². The lowest BCUT2D eigenvalue weighted by molar-refractivity contribution is -0.137. The molecule has 0 unspecified atom stereocenters. The number of piperazine rings is 1. The lowest BCUT2D eigenvalue weighted by Gasteiger charge is -2.38. The van der Waals surface area contributed by atoms with Gasteiger partial charge in [0.15, 0.2) is 0 Å². The number of hydrogen-bond acceptors (Lipinski definition) is 6. The molecule has 2 aliphatic heterocycles. The first-order chi connectivity index (χ1) is 12.7. The molecule has 0 N–H and O–H groups in total. The quantitative estimate of drug-likeness (QED) is 0.826. The molecule has 138 valence electrons. The highest BCUT2D eigenvalue weighted by molar-refractivity contribution is 7.07. The van der Waals surface area contributed by atoms with E-state index in [4.69, 9.17) is 0 Å². The Hall–Kier alpha value is -1.99. The Kier molecular flexibility index (Phi) is 5.17. The number of aromatic nitrogens is 2. The highest BCUT2D eigenvalue weighted by Gasteiger charge is 2.35. The summed E-state index contributed by atoms with van der Waals surface area (Å²) in [6.07, 6.45) is 5.84. The van der Waals surface area contributed by atoms with Crippen molar-refractivity contribution in [2.24, 2.45) is 0 Å². The van der Waals surface area contributed by atoms with Gasteiger partial charge in [0.25, 0.3) is 0 Å². The molecule has 0 bridgehead atoms. The van der Waals surface area contributed by atoms with Crippen LogP contribution in [0.15, 0.2) is 35.3 Å². The van der Waals surface area contributed by atoms with Gasteiger partial charge >= 0.3 is 0 Å². The second kappa shape index (κ2) is 7.72.